The second kappa shape index (κ2) is 11.7. The number of nitrogens with two attached hydrogens (primary N) is 1. The molecular weight excluding hydrogens is 348 g/mol. The minimum absolute atomic E-state index is 0.0258. The van der Waals surface area contributed by atoms with Crippen molar-refractivity contribution < 1.29 is 24.5 Å². The summed E-state index contributed by atoms with van der Waals surface area (Å²) < 4.78 is 5.87. The smallest absolute Gasteiger partial charge is 0.414 e. The molecule has 0 atom stereocenters. The van der Waals surface area contributed by atoms with Crippen molar-refractivity contribution >= 4 is 23.5 Å². The first kappa shape index (κ1) is 23.2. The van der Waals surface area contributed by atoms with E-state index in [9.17, 15) is 0 Å². The third kappa shape index (κ3) is 10.6. The molecule has 1 rings (SSSR count). The summed E-state index contributed by atoms with van der Waals surface area (Å²) in [7, 11) is 0. The molecule has 0 aromatic heterocycles. The molecule has 0 heterocycles. The Kier molecular flexibility index (Phi) is 10.8. The molecule has 7 nitrogen and oxygen atoms in total. The number of benzene rings is 1. The average molecular weight is 375 g/mol. The van der Waals surface area contributed by atoms with E-state index in [0.717, 1.165) is 35.8 Å². The van der Waals surface area contributed by atoms with Crippen LogP contribution in [-0.2, 0) is 15.0 Å². The summed E-state index contributed by atoms with van der Waals surface area (Å²) in [5.74, 6) is -2.72. The molecule has 1 aromatic carbocycles. The molecule has 0 radical (unpaired) electrons. The number of carboxylic acid groups (broad SMARTS) is 2. The van der Waals surface area contributed by atoms with Crippen molar-refractivity contribution in [2.45, 2.75) is 32.6 Å². The molecule has 0 aliphatic rings. The molecule has 0 amide bonds. The standard InChI is InChI=1S/C15H25ClN2O.C2H2O4/c1-15(2,3)13-11-12(16)5-6-14(13)19-10-4-8-18-9-7-17;3-1(4)2(5)6/h5-6,11,18H,4,7-10,17H2,1-3H3;(H,3,4)(H,5,6). The van der Waals surface area contributed by atoms with Crippen molar-refractivity contribution in [3.63, 3.8) is 0 Å². The number of rotatable bonds is 7. The van der Waals surface area contributed by atoms with Gasteiger partial charge in [-0.1, -0.05) is 32.4 Å². The molecule has 0 saturated carbocycles. The van der Waals surface area contributed by atoms with Crippen LogP contribution in [0.15, 0.2) is 18.2 Å². The highest BCUT2D eigenvalue weighted by molar-refractivity contribution is 6.30. The Morgan fingerprint density at radius 3 is 2.28 bits per heavy atom. The number of carbonyl (C=O) groups is 2. The van der Waals surface area contributed by atoms with Crippen molar-refractivity contribution in [1.29, 1.82) is 0 Å². The van der Waals surface area contributed by atoms with Gasteiger partial charge >= 0.3 is 11.9 Å². The van der Waals surface area contributed by atoms with Crippen molar-refractivity contribution in [3.05, 3.63) is 28.8 Å². The van der Waals surface area contributed by atoms with Crippen LogP contribution in [0, 0.1) is 0 Å². The number of ether oxygens (including phenoxy) is 1. The van der Waals surface area contributed by atoms with E-state index in [0.29, 0.717) is 13.2 Å². The van der Waals surface area contributed by atoms with Crippen molar-refractivity contribution in [3.8, 4) is 5.75 Å². The molecule has 0 fully saturated rings. The quantitative estimate of drug-likeness (QED) is 0.426. The van der Waals surface area contributed by atoms with Crippen LogP contribution in [0.4, 0.5) is 0 Å². The van der Waals surface area contributed by atoms with Gasteiger partial charge in [-0.15, -0.1) is 0 Å². The molecule has 25 heavy (non-hydrogen) atoms. The van der Waals surface area contributed by atoms with Crippen LogP contribution in [0.1, 0.15) is 32.8 Å². The van der Waals surface area contributed by atoms with E-state index in [-0.39, 0.29) is 5.41 Å². The molecule has 0 saturated heterocycles. The molecule has 0 bridgehead atoms. The third-order valence-electron chi connectivity index (χ3n) is 3.01. The van der Waals surface area contributed by atoms with Crippen LogP contribution in [0.5, 0.6) is 5.75 Å². The van der Waals surface area contributed by atoms with Gasteiger partial charge in [0.25, 0.3) is 0 Å². The van der Waals surface area contributed by atoms with Gasteiger partial charge in [-0.2, -0.15) is 0 Å². The predicted octanol–water partition coefficient (Wildman–Crippen LogP) is 2.11. The van der Waals surface area contributed by atoms with Crippen molar-refractivity contribution in [1.82, 2.24) is 5.32 Å². The summed E-state index contributed by atoms with van der Waals surface area (Å²) in [5.41, 5.74) is 6.58. The van der Waals surface area contributed by atoms with Crippen LogP contribution < -0.4 is 15.8 Å². The van der Waals surface area contributed by atoms with E-state index in [1.54, 1.807) is 0 Å². The van der Waals surface area contributed by atoms with Gasteiger partial charge in [-0.25, -0.2) is 9.59 Å². The number of hydrogen-bond donors (Lipinski definition) is 4. The highest BCUT2D eigenvalue weighted by Crippen LogP contribution is 2.33. The van der Waals surface area contributed by atoms with E-state index in [1.807, 2.05) is 18.2 Å². The summed E-state index contributed by atoms with van der Waals surface area (Å²) in [5, 5.41) is 18.8. The highest BCUT2D eigenvalue weighted by atomic mass is 35.5. The summed E-state index contributed by atoms with van der Waals surface area (Å²) in [6, 6.07) is 5.82. The molecule has 1 aromatic rings. The molecule has 0 unspecified atom stereocenters. The maximum Gasteiger partial charge on any atom is 0.414 e. The number of aliphatic carboxylic acids is 2. The largest absolute Gasteiger partial charge is 0.493 e. The monoisotopic (exact) mass is 374 g/mol. The average Bonchev–Trinajstić information content (AvgIpc) is 2.51. The minimum Gasteiger partial charge on any atom is -0.493 e. The maximum absolute atomic E-state index is 9.10. The summed E-state index contributed by atoms with van der Waals surface area (Å²) in [4.78, 5) is 18.2. The van der Waals surface area contributed by atoms with Crippen LogP contribution in [0.25, 0.3) is 0 Å². The summed E-state index contributed by atoms with van der Waals surface area (Å²) >= 11 is 6.06. The lowest BCUT2D eigenvalue weighted by Gasteiger charge is -2.23. The predicted molar refractivity (Wildman–Crippen MR) is 97.5 cm³/mol. The first-order valence-electron chi connectivity index (χ1n) is 7.89. The van der Waals surface area contributed by atoms with Crippen LogP contribution in [0.3, 0.4) is 0 Å². The van der Waals surface area contributed by atoms with E-state index >= 15 is 0 Å². The van der Waals surface area contributed by atoms with Gasteiger partial charge in [0, 0.05) is 23.7 Å². The molecule has 0 aliphatic carbocycles. The van der Waals surface area contributed by atoms with Gasteiger partial charge < -0.3 is 26.0 Å². The minimum atomic E-state index is -1.82. The molecule has 5 N–H and O–H groups in total. The fourth-order valence-corrected chi connectivity index (χ4v) is 1.99. The normalized spacial score (nSPS) is 10.6. The number of halogens is 1. The van der Waals surface area contributed by atoms with E-state index < -0.39 is 11.9 Å². The Labute approximate surface area is 153 Å². The molecule has 0 spiro atoms. The van der Waals surface area contributed by atoms with Crippen molar-refractivity contribution in [2.24, 2.45) is 5.73 Å². The van der Waals surface area contributed by atoms with Crippen molar-refractivity contribution in [2.75, 3.05) is 26.2 Å². The topological polar surface area (TPSA) is 122 Å². The zero-order chi connectivity index (χ0) is 19.5. The lowest BCUT2D eigenvalue weighted by molar-refractivity contribution is -0.159. The highest BCUT2D eigenvalue weighted by Gasteiger charge is 2.19. The first-order valence-corrected chi connectivity index (χ1v) is 8.27. The molecular formula is C17H27ClN2O5. The van der Waals surface area contributed by atoms with E-state index in [4.69, 9.17) is 41.9 Å². The molecule has 8 heteroatoms. The Hall–Kier alpha value is -1.83. The summed E-state index contributed by atoms with van der Waals surface area (Å²) in [6.07, 6.45) is 0.964. The van der Waals surface area contributed by atoms with Gasteiger partial charge in [0.1, 0.15) is 5.75 Å². The van der Waals surface area contributed by atoms with Gasteiger partial charge in [0.15, 0.2) is 0 Å². The Morgan fingerprint density at radius 1 is 1.20 bits per heavy atom. The first-order chi connectivity index (χ1) is 11.6. The Morgan fingerprint density at radius 2 is 1.80 bits per heavy atom. The van der Waals surface area contributed by atoms with Gasteiger partial charge in [-0.3, -0.25) is 0 Å². The summed E-state index contributed by atoms with van der Waals surface area (Å²) in [6.45, 7) is 9.63. The number of carboxylic acids is 2. The molecule has 0 aliphatic heterocycles. The zero-order valence-corrected chi connectivity index (χ0v) is 15.6. The number of nitrogens with one attached hydrogen (secondary N) is 1. The second-order valence-electron chi connectivity index (χ2n) is 6.24. The van der Waals surface area contributed by atoms with Gasteiger partial charge in [0.05, 0.1) is 6.61 Å². The third-order valence-corrected chi connectivity index (χ3v) is 3.24. The Bertz CT molecular complexity index is 546. The van der Waals surface area contributed by atoms with Crippen LogP contribution >= 0.6 is 11.6 Å². The number of hydrogen-bond acceptors (Lipinski definition) is 5. The fourth-order valence-electron chi connectivity index (χ4n) is 1.82. The van der Waals surface area contributed by atoms with Crippen LogP contribution in [-0.4, -0.2) is 48.4 Å². The second-order valence-corrected chi connectivity index (χ2v) is 6.68. The molecule has 142 valence electrons. The SMILES string of the molecule is CC(C)(C)c1cc(Cl)ccc1OCCCNCCN.O=C(O)C(=O)O. The Balaban J connectivity index is 0.000000823. The zero-order valence-electron chi connectivity index (χ0n) is 14.8. The lowest BCUT2D eigenvalue weighted by Crippen LogP contribution is -2.24. The van der Waals surface area contributed by atoms with Crippen LogP contribution in [0.2, 0.25) is 5.02 Å². The van der Waals surface area contributed by atoms with E-state index in [2.05, 4.69) is 26.1 Å². The van der Waals surface area contributed by atoms with Gasteiger partial charge in [-0.05, 0) is 36.6 Å². The van der Waals surface area contributed by atoms with Gasteiger partial charge in [0.2, 0.25) is 0 Å². The van der Waals surface area contributed by atoms with E-state index in [1.165, 1.54) is 0 Å². The fraction of sp³-hybridized carbons (Fsp3) is 0.529. The lowest BCUT2D eigenvalue weighted by atomic mass is 9.86. The maximum atomic E-state index is 9.10.